The number of anilines is 1. The summed E-state index contributed by atoms with van der Waals surface area (Å²) in [7, 11) is 1.70. The van der Waals surface area contributed by atoms with Gasteiger partial charge in [-0.05, 0) is 31.0 Å². The summed E-state index contributed by atoms with van der Waals surface area (Å²) in [6.45, 7) is 1.46. The third-order valence-electron chi connectivity index (χ3n) is 4.34. The molecule has 2 amide bonds. The van der Waals surface area contributed by atoms with Crippen molar-refractivity contribution in [2.24, 2.45) is 0 Å². The molecule has 0 radical (unpaired) electrons. The van der Waals surface area contributed by atoms with E-state index in [0.717, 1.165) is 12.8 Å². The van der Waals surface area contributed by atoms with Gasteiger partial charge in [0.2, 0.25) is 5.91 Å². The zero-order valence-corrected chi connectivity index (χ0v) is 16.4. The second-order valence-electron chi connectivity index (χ2n) is 6.54. The summed E-state index contributed by atoms with van der Waals surface area (Å²) >= 11 is 5.91. The quantitative estimate of drug-likeness (QED) is 0.726. The van der Waals surface area contributed by atoms with Gasteiger partial charge in [0.25, 0.3) is 5.91 Å². The Kier molecular flexibility index (Phi) is 6.89. The molecule has 1 aliphatic heterocycles. The molecule has 1 atom stereocenters. The Hall–Kier alpha value is -2.58. The first-order valence-electron chi connectivity index (χ1n) is 9.08. The molecule has 2 heterocycles. The Bertz CT molecular complexity index is 820. The maximum Gasteiger partial charge on any atom is 0.253 e. The fourth-order valence-corrected chi connectivity index (χ4v) is 2.94. The van der Waals surface area contributed by atoms with E-state index in [1.807, 2.05) is 6.07 Å². The van der Waals surface area contributed by atoms with E-state index in [2.05, 4.69) is 10.4 Å². The van der Waals surface area contributed by atoms with E-state index in [1.165, 1.54) is 10.9 Å². The van der Waals surface area contributed by atoms with Crippen LogP contribution in [0.5, 0.6) is 5.75 Å². The maximum absolute atomic E-state index is 12.3. The number of halogens is 1. The monoisotopic (exact) mass is 406 g/mol. The number of carbonyl (C=O) groups excluding carboxylic acids is 2. The van der Waals surface area contributed by atoms with E-state index >= 15 is 0 Å². The average molecular weight is 407 g/mol. The number of nitrogens with one attached hydrogen (secondary N) is 1. The molecule has 1 aliphatic rings. The molecule has 1 N–H and O–H groups in total. The van der Waals surface area contributed by atoms with Gasteiger partial charge in [-0.25, -0.2) is 0 Å². The normalized spacial score (nSPS) is 16.0. The lowest BCUT2D eigenvalue weighted by molar-refractivity contribution is -0.131. The number of hydrogen-bond acceptors (Lipinski definition) is 5. The van der Waals surface area contributed by atoms with Crippen molar-refractivity contribution in [3.05, 3.63) is 41.7 Å². The number of hydrogen-bond donors (Lipinski definition) is 1. The minimum atomic E-state index is -0.407. The minimum Gasteiger partial charge on any atom is -0.492 e. The van der Waals surface area contributed by atoms with E-state index in [1.54, 1.807) is 36.3 Å². The molecule has 0 saturated carbocycles. The van der Waals surface area contributed by atoms with Gasteiger partial charge in [0, 0.05) is 24.9 Å². The number of carbonyl (C=O) groups is 2. The maximum atomic E-state index is 12.3. The number of amides is 2. The third kappa shape index (κ3) is 5.71. The Morgan fingerprint density at radius 1 is 1.46 bits per heavy atom. The van der Waals surface area contributed by atoms with Gasteiger partial charge >= 0.3 is 0 Å². The van der Waals surface area contributed by atoms with Gasteiger partial charge in [-0.2, -0.15) is 5.10 Å². The summed E-state index contributed by atoms with van der Waals surface area (Å²) in [5.41, 5.74) is 0.542. The largest absolute Gasteiger partial charge is 0.492 e. The Balaban J connectivity index is 1.42. The minimum absolute atomic E-state index is 0.0729. The van der Waals surface area contributed by atoms with Crippen molar-refractivity contribution >= 4 is 29.1 Å². The Morgan fingerprint density at radius 2 is 2.32 bits per heavy atom. The number of likely N-dealkylation sites (N-methyl/N-ethyl adjacent to an activating group) is 1. The van der Waals surface area contributed by atoms with Crippen LogP contribution < -0.4 is 10.1 Å². The van der Waals surface area contributed by atoms with Gasteiger partial charge in [-0.1, -0.05) is 17.7 Å². The summed E-state index contributed by atoms with van der Waals surface area (Å²) in [6, 6.07) is 7.11. The lowest BCUT2D eigenvalue weighted by Crippen LogP contribution is -2.33. The number of nitrogens with zero attached hydrogens (tertiary/aromatic N) is 3. The van der Waals surface area contributed by atoms with Crippen molar-refractivity contribution < 1.29 is 19.1 Å². The fourth-order valence-electron chi connectivity index (χ4n) is 2.76. The van der Waals surface area contributed by atoms with Gasteiger partial charge in [0.1, 0.15) is 25.0 Å². The molecule has 1 fully saturated rings. The highest BCUT2D eigenvalue weighted by atomic mass is 35.5. The fraction of sp³-hybridized carbons (Fsp3) is 0.421. The van der Waals surface area contributed by atoms with Crippen LogP contribution in [-0.2, 0) is 20.9 Å². The molecular weight excluding hydrogens is 384 g/mol. The summed E-state index contributed by atoms with van der Waals surface area (Å²) in [6.07, 6.45) is 4.35. The first-order valence-corrected chi connectivity index (χ1v) is 9.46. The standard InChI is InChI=1S/C19H23ClN4O4/c1-23(7-9-27-16-5-2-4-14(20)10-16)18(25)13-24-12-15(11-21-24)22-19(26)17-6-3-8-28-17/h2,4-5,10-12,17H,3,6-9,13H2,1H3,(H,22,26). The molecule has 1 aromatic heterocycles. The highest BCUT2D eigenvalue weighted by molar-refractivity contribution is 6.30. The molecule has 8 nitrogen and oxygen atoms in total. The van der Waals surface area contributed by atoms with E-state index in [0.29, 0.717) is 36.2 Å². The topological polar surface area (TPSA) is 85.7 Å². The summed E-state index contributed by atoms with van der Waals surface area (Å²) in [5.74, 6) is 0.362. The van der Waals surface area contributed by atoms with Crippen molar-refractivity contribution in [2.45, 2.75) is 25.5 Å². The van der Waals surface area contributed by atoms with Crippen molar-refractivity contribution in [2.75, 3.05) is 32.1 Å². The molecule has 2 aromatic rings. The van der Waals surface area contributed by atoms with Crippen LogP contribution in [0.1, 0.15) is 12.8 Å². The van der Waals surface area contributed by atoms with Crippen LogP contribution in [0.3, 0.4) is 0 Å². The van der Waals surface area contributed by atoms with Gasteiger partial charge in [-0.3, -0.25) is 14.3 Å². The molecule has 3 rings (SSSR count). The zero-order chi connectivity index (χ0) is 19.9. The van der Waals surface area contributed by atoms with Crippen LogP contribution >= 0.6 is 11.6 Å². The molecule has 1 aromatic carbocycles. The summed E-state index contributed by atoms with van der Waals surface area (Å²) < 4.78 is 12.4. The lowest BCUT2D eigenvalue weighted by atomic mass is 10.2. The van der Waals surface area contributed by atoms with Crippen LogP contribution in [0, 0.1) is 0 Å². The number of aromatic nitrogens is 2. The lowest BCUT2D eigenvalue weighted by Gasteiger charge is -2.17. The Labute approximate surface area is 168 Å². The second kappa shape index (κ2) is 9.57. The first-order chi connectivity index (χ1) is 13.5. The first kappa shape index (κ1) is 20.2. The molecule has 9 heteroatoms. The predicted octanol–water partition coefficient (Wildman–Crippen LogP) is 2.19. The van der Waals surface area contributed by atoms with E-state index in [4.69, 9.17) is 21.1 Å². The van der Waals surface area contributed by atoms with E-state index in [-0.39, 0.29) is 18.4 Å². The second-order valence-corrected chi connectivity index (χ2v) is 6.98. The summed E-state index contributed by atoms with van der Waals surface area (Å²) in [5, 5.41) is 7.48. The van der Waals surface area contributed by atoms with Crippen LogP contribution in [-0.4, -0.2) is 59.4 Å². The molecule has 0 bridgehead atoms. The van der Waals surface area contributed by atoms with Crippen molar-refractivity contribution in [3.63, 3.8) is 0 Å². The van der Waals surface area contributed by atoms with Crippen molar-refractivity contribution in [1.29, 1.82) is 0 Å². The number of rotatable bonds is 8. The molecule has 0 spiro atoms. The molecule has 1 unspecified atom stereocenters. The van der Waals surface area contributed by atoms with E-state index < -0.39 is 6.10 Å². The molecule has 0 aliphatic carbocycles. The predicted molar refractivity (Wildman–Crippen MR) is 104 cm³/mol. The molecule has 1 saturated heterocycles. The third-order valence-corrected chi connectivity index (χ3v) is 4.57. The molecule has 28 heavy (non-hydrogen) atoms. The van der Waals surface area contributed by atoms with Crippen molar-refractivity contribution in [1.82, 2.24) is 14.7 Å². The van der Waals surface area contributed by atoms with Crippen LogP contribution in [0.2, 0.25) is 5.02 Å². The smallest absolute Gasteiger partial charge is 0.253 e. The highest BCUT2D eigenvalue weighted by Crippen LogP contribution is 2.17. The average Bonchev–Trinajstić information content (AvgIpc) is 3.34. The number of ether oxygens (including phenoxy) is 2. The van der Waals surface area contributed by atoms with Crippen LogP contribution in [0.15, 0.2) is 36.7 Å². The van der Waals surface area contributed by atoms with Crippen LogP contribution in [0.25, 0.3) is 0 Å². The highest BCUT2D eigenvalue weighted by Gasteiger charge is 2.23. The van der Waals surface area contributed by atoms with Gasteiger partial charge in [0.05, 0.1) is 18.4 Å². The molecular formula is C19H23ClN4O4. The Morgan fingerprint density at radius 3 is 3.07 bits per heavy atom. The zero-order valence-electron chi connectivity index (χ0n) is 15.6. The van der Waals surface area contributed by atoms with E-state index in [9.17, 15) is 9.59 Å². The summed E-state index contributed by atoms with van der Waals surface area (Å²) in [4.78, 5) is 25.9. The molecule has 150 valence electrons. The van der Waals surface area contributed by atoms with Crippen molar-refractivity contribution in [3.8, 4) is 5.75 Å². The van der Waals surface area contributed by atoms with Gasteiger partial charge in [0.15, 0.2) is 0 Å². The van der Waals surface area contributed by atoms with Crippen LogP contribution in [0.4, 0.5) is 5.69 Å². The van der Waals surface area contributed by atoms with Gasteiger partial charge in [-0.15, -0.1) is 0 Å². The SMILES string of the molecule is CN(CCOc1cccc(Cl)c1)C(=O)Cn1cc(NC(=O)C2CCCO2)cn1. The van der Waals surface area contributed by atoms with Gasteiger partial charge < -0.3 is 19.7 Å². The number of benzene rings is 1.